The second kappa shape index (κ2) is 3.79. The first-order valence-electron chi connectivity index (χ1n) is 4.30. The normalized spacial score (nSPS) is 11.4. The smallest absolute Gasteiger partial charge is 0.118 e. The quantitative estimate of drug-likeness (QED) is 0.711. The summed E-state index contributed by atoms with van der Waals surface area (Å²) < 4.78 is 10.4. The van der Waals surface area contributed by atoms with Crippen molar-refractivity contribution in [2.45, 2.75) is 19.4 Å². The molecule has 0 radical (unpaired) electrons. The molecule has 0 saturated heterocycles. The van der Waals surface area contributed by atoms with Crippen molar-refractivity contribution in [3.8, 4) is 5.75 Å². The number of hydrogen-bond donors (Lipinski definition) is 0. The molecule has 0 amide bonds. The van der Waals surface area contributed by atoms with E-state index < -0.39 is 0 Å². The highest BCUT2D eigenvalue weighted by Crippen LogP contribution is 2.25. The van der Waals surface area contributed by atoms with Gasteiger partial charge in [-0.25, -0.2) is 0 Å². The molecule has 0 aliphatic carbocycles. The number of benzene rings is 1. The number of methoxy groups -OCH3 is 2. The molecule has 0 unspecified atom stereocenters. The summed E-state index contributed by atoms with van der Waals surface area (Å²) in [7, 11) is 3.38. The minimum absolute atomic E-state index is 0.230. The average Bonchev–Trinajstić information content (AvgIpc) is 2.18. The van der Waals surface area contributed by atoms with E-state index in [1.807, 2.05) is 38.1 Å². The highest BCUT2D eigenvalue weighted by molar-refractivity contribution is 5.30. The van der Waals surface area contributed by atoms with E-state index in [1.165, 1.54) is 0 Å². The Balaban J connectivity index is 2.92. The Kier molecular flexibility index (Phi) is 2.94. The molecule has 2 nitrogen and oxygen atoms in total. The van der Waals surface area contributed by atoms with Gasteiger partial charge in [-0.15, -0.1) is 0 Å². The van der Waals surface area contributed by atoms with Crippen LogP contribution in [0.1, 0.15) is 19.4 Å². The predicted octanol–water partition coefficient (Wildman–Crippen LogP) is 2.58. The Bertz CT molecular complexity index is 262. The van der Waals surface area contributed by atoms with Crippen molar-refractivity contribution in [3.63, 3.8) is 0 Å². The fourth-order valence-electron chi connectivity index (χ4n) is 1.11. The average molecular weight is 180 g/mol. The van der Waals surface area contributed by atoms with E-state index in [9.17, 15) is 0 Å². The van der Waals surface area contributed by atoms with E-state index in [0.29, 0.717) is 0 Å². The Labute approximate surface area is 79.5 Å². The Morgan fingerprint density at radius 1 is 1.00 bits per heavy atom. The highest BCUT2D eigenvalue weighted by atomic mass is 16.5. The lowest BCUT2D eigenvalue weighted by Crippen LogP contribution is -2.18. The van der Waals surface area contributed by atoms with Gasteiger partial charge in [0.15, 0.2) is 0 Å². The topological polar surface area (TPSA) is 18.5 Å². The van der Waals surface area contributed by atoms with E-state index >= 15 is 0 Å². The lowest BCUT2D eigenvalue weighted by molar-refractivity contribution is 0.0192. The van der Waals surface area contributed by atoms with Gasteiger partial charge < -0.3 is 9.47 Å². The molecule has 0 aliphatic heterocycles. The summed E-state index contributed by atoms with van der Waals surface area (Å²) >= 11 is 0. The molecule has 1 aromatic rings. The van der Waals surface area contributed by atoms with Crippen LogP contribution < -0.4 is 4.74 Å². The lowest BCUT2D eigenvalue weighted by Gasteiger charge is -2.23. The fraction of sp³-hybridized carbons (Fsp3) is 0.455. The second-order valence-electron chi connectivity index (χ2n) is 3.44. The van der Waals surface area contributed by atoms with Crippen molar-refractivity contribution < 1.29 is 9.47 Å². The van der Waals surface area contributed by atoms with Crippen molar-refractivity contribution >= 4 is 0 Å². The minimum Gasteiger partial charge on any atom is -0.497 e. The zero-order valence-electron chi connectivity index (χ0n) is 8.63. The Hall–Kier alpha value is -1.02. The van der Waals surface area contributed by atoms with E-state index in [4.69, 9.17) is 9.47 Å². The molecule has 0 atom stereocenters. The van der Waals surface area contributed by atoms with Crippen LogP contribution in [-0.2, 0) is 10.3 Å². The molecular formula is C11H16O2. The summed E-state index contributed by atoms with van der Waals surface area (Å²) in [5, 5.41) is 0. The zero-order valence-corrected chi connectivity index (χ0v) is 8.63. The van der Waals surface area contributed by atoms with Crippen molar-refractivity contribution in [1.29, 1.82) is 0 Å². The standard InChI is InChI=1S/C11H16O2/c1-11(2,13-4)9-5-7-10(12-3)8-6-9/h5-8H,1-4H3. The summed E-state index contributed by atoms with van der Waals surface area (Å²) in [5.74, 6) is 0.871. The van der Waals surface area contributed by atoms with Crippen molar-refractivity contribution in [2.75, 3.05) is 14.2 Å². The van der Waals surface area contributed by atoms with Crippen LogP contribution in [0.15, 0.2) is 24.3 Å². The van der Waals surface area contributed by atoms with Crippen LogP contribution in [0.25, 0.3) is 0 Å². The maximum Gasteiger partial charge on any atom is 0.118 e. The third kappa shape index (κ3) is 2.22. The van der Waals surface area contributed by atoms with E-state index in [0.717, 1.165) is 11.3 Å². The van der Waals surface area contributed by atoms with Crippen LogP contribution in [0.5, 0.6) is 5.75 Å². The second-order valence-corrected chi connectivity index (χ2v) is 3.44. The first kappa shape index (κ1) is 10.1. The monoisotopic (exact) mass is 180 g/mol. The number of hydrogen-bond acceptors (Lipinski definition) is 2. The molecule has 13 heavy (non-hydrogen) atoms. The van der Waals surface area contributed by atoms with Gasteiger partial charge in [0.25, 0.3) is 0 Å². The highest BCUT2D eigenvalue weighted by Gasteiger charge is 2.18. The predicted molar refractivity (Wildman–Crippen MR) is 53.0 cm³/mol. The molecule has 0 aliphatic rings. The number of rotatable bonds is 3. The van der Waals surface area contributed by atoms with Crippen LogP contribution >= 0.6 is 0 Å². The molecule has 0 fully saturated rings. The van der Waals surface area contributed by atoms with Gasteiger partial charge in [-0.2, -0.15) is 0 Å². The molecule has 2 heteroatoms. The molecule has 0 bridgehead atoms. The Morgan fingerprint density at radius 2 is 1.54 bits per heavy atom. The third-order valence-electron chi connectivity index (χ3n) is 2.30. The van der Waals surface area contributed by atoms with E-state index in [1.54, 1.807) is 14.2 Å². The molecule has 0 saturated carbocycles. The van der Waals surface area contributed by atoms with Crippen LogP contribution in [0, 0.1) is 0 Å². The summed E-state index contributed by atoms with van der Waals surface area (Å²) in [4.78, 5) is 0. The van der Waals surface area contributed by atoms with Crippen molar-refractivity contribution in [1.82, 2.24) is 0 Å². The molecule has 0 N–H and O–H groups in total. The van der Waals surface area contributed by atoms with Gasteiger partial charge in [-0.05, 0) is 31.5 Å². The maximum absolute atomic E-state index is 5.36. The molecule has 0 spiro atoms. The molecule has 1 rings (SSSR count). The fourth-order valence-corrected chi connectivity index (χ4v) is 1.11. The molecule has 1 aromatic carbocycles. The largest absolute Gasteiger partial charge is 0.497 e. The summed E-state index contributed by atoms with van der Waals surface area (Å²) in [5.41, 5.74) is 0.919. The Morgan fingerprint density at radius 3 is 1.92 bits per heavy atom. The van der Waals surface area contributed by atoms with Crippen molar-refractivity contribution in [2.24, 2.45) is 0 Å². The SMILES string of the molecule is COc1ccc(C(C)(C)OC)cc1. The molecule has 0 aromatic heterocycles. The van der Waals surface area contributed by atoms with E-state index in [-0.39, 0.29) is 5.60 Å². The summed E-state index contributed by atoms with van der Waals surface area (Å²) in [6.45, 7) is 4.07. The lowest BCUT2D eigenvalue weighted by atomic mass is 9.98. The van der Waals surface area contributed by atoms with Gasteiger partial charge >= 0.3 is 0 Å². The first-order chi connectivity index (χ1) is 6.10. The molecular weight excluding hydrogens is 164 g/mol. The van der Waals surface area contributed by atoms with Gasteiger partial charge in [-0.3, -0.25) is 0 Å². The van der Waals surface area contributed by atoms with Crippen LogP contribution in [0.3, 0.4) is 0 Å². The van der Waals surface area contributed by atoms with Crippen LogP contribution in [-0.4, -0.2) is 14.2 Å². The van der Waals surface area contributed by atoms with Crippen LogP contribution in [0.4, 0.5) is 0 Å². The van der Waals surface area contributed by atoms with Gasteiger partial charge in [0.1, 0.15) is 5.75 Å². The van der Waals surface area contributed by atoms with Gasteiger partial charge in [0.2, 0.25) is 0 Å². The number of ether oxygens (including phenoxy) is 2. The van der Waals surface area contributed by atoms with Crippen molar-refractivity contribution in [3.05, 3.63) is 29.8 Å². The van der Waals surface area contributed by atoms with Gasteiger partial charge in [0, 0.05) is 7.11 Å². The summed E-state index contributed by atoms with van der Waals surface area (Å²) in [6.07, 6.45) is 0. The molecule has 72 valence electrons. The third-order valence-corrected chi connectivity index (χ3v) is 2.30. The van der Waals surface area contributed by atoms with Crippen LogP contribution in [0.2, 0.25) is 0 Å². The zero-order chi connectivity index (χ0) is 9.90. The first-order valence-corrected chi connectivity index (χ1v) is 4.30. The molecule has 0 heterocycles. The van der Waals surface area contributed by atoms with Gasteiger partial charge in [0.05, 0.1) is 12.7 Å². The van der Waals surface area contributed by atoms with Gasteiger partial charge in [-0.1, -0.05) is 12.1 Å². The minimum atomic E-state index is -0.230. The van der Waals surface area contributed by atoms with E-state index in [2.05, 4.69) is 0 Å². The summed E-state index contributed by atoms with van der Waals surface area (Å²) in [6, 6.07) is 7.91. The maximum atomic E-state index is 5.36.